The van der Waals surface area contributed by atoms with Gasteiger partial charge in [0.2, 0.25) is 0 Å². The zero-order chi connectivity index (χ0) is 10.8. The number of anilines is 1. The van der Waals surface area contributed by atoms with Crippen molar-refractivity contribution in [3.05, 3.63) is 35.5 Å². The van der Waals surface area contributed by atoms with Crippen LogP contribution in [0.1, 0.15) is 18.2 Å². The van der Waals surface area contributed by atoms with E-state index in [1.165, 1.54) is 5.56 Å². The Balaban J connectivity index is 2.58. The molecule has 4 heteroatoms. The molecule has 0 saturated carbocycles. The van der Waals surface area contributed by atoms with Crippen LogP contribution in [0.5, 0.6) is 0 Å². The van der Waals surface area contributed by atoms with E-state index in [-0.39, 0.29) is 0 Å². The number of nitrogen functional groups attached to an aromatic ring is 1. The third kappa shape index (κ3) is 1.58. The zero-order valence-corrected chi connectivity index (χ0v) is 8.94. The summed E-state index contributed by atoms with van der Waals surface area (Å²) in [5.41, 5.74) is 8.86. The number of nitrogens with two attached hydrogens (primary N) is 1. The van der Waals surface area contributed by atoms with Crippen molar-refractivity contribution in [1.82, 2.24) is 15.0 Å². The summed E-state index contributed by atoms with van der Waals surface area (Å²) in [6, 6.07) is 8.14. The Hall–Kier alpha value is -1.84. The highest BCUT2D eigenvalue weighted by molar-refractivity contribution is 5.45. The van der Waals surface area contributed by atoms with Crippen LogP contribution in [0.25, 0.3) is 5.69 Å². The lowest BCUT2D eigenvalue weighted by Crippen LogP contribution is -2.03. The van der Waals surface area contributed by atoms with E-state index in [2.05, 4.69) is 23.3 Å². The molecule has 0 aliphatic heterocycles. The third-order valence-corrected chi connectivity index (χ3v) is 2.53. The molecule has 1 aromatic carbocycles. The fraction of sp³-hybridized carbons (Fsp3) is 0.273. The molecular formula is C11H14N4. The standard InChI is InChI=1S/C11H14N4/c1-3-9-6-4-5-7-10(9)15-8(2)11(12)13-14-15/h4-7H,3,12H2,1-2H3. The molecule has 0 spiro atoms. The number of para-hydroxylation sites is 1. The number of nitrogens with zero attached hydrogens (tertiary/aromatic N) is 3. The van der Waals surface area contributed by atoms with Crippen LogP contribution in [-0.2, 0) is 6.42 Å². The normalized spacial score (nSPS) is 10.5. The first-order valence-electron chi connectivity index (χ1n) is 5.00. The van der Waals surface area contributed by atoms with Crippen LogP contribution in [0.3, 0.4) is 0 Å². The number of hydrogen-bond acceptors (Lipinski definition) is 3. The van der Waals surface area contributed by atoms with Gasteiger partial charge >= 0.3 is 0 Å². The molecule has 0 radical (unpaired) electrons. The van der Waals surface area contributed by atoms with Crippen molar-refractivity contribution in [3.8, 4) is 5.69 Å². The molecule has 2 rings (SSSR count). The predicted molar refractivity (Wildman–Crippen MR) is 59.9 cm³/mol. The second kappa shape index (κ2) is 3.73. The Morgan fingerprint density at radius 3 is 2.67 bits per heavy atom. The van der Waals surface area contributed by atoms with E-state index in [0.29, 0.717) is 5.82 Å². The van der Waals surface area contributed by atoms with E-state index in [4.69, 9.17) is 5.73 Å². The van der Waals surface area contributed by atoms with E-state index in [0.717, 1.165) is 17.8 Å². The average molecular weight is 202 g/mol. The zero-order valence-electron chi connectivity index (χ0n) is 8.94. The van der Waals surface area contributed by atoms with Crippen molar-refractivity contribution in [2.24, 2.45) is 0 Å². The molecule has 4 nitrogen and oxygen atoms in total. The van der Waals surface area contributed by atoms with Gasteiger partial charge in [-0.15, -0.1) is 5.10 Å². The Labute approximate surface area is 88.7 Å². The van der Waals surface area contributed by atoms with Gasteiger partial charge in [-0.2, -0.15) is 0 Å². The van der Waals surface area contributed by atoms with Crippen LogP contribution in [0.2, 0.25) is 0 Å². The van der Waals surface area contributed by atoms with Crippen LogP contribution >= 0.6 is 0 Å². The second-order valence-corrected chi connectivity index (χ2v) is 3.45. The van der Waals surface area contributed by atoms with Crippen LogP contribution in [0.15, 0.2) is 24.3 Å². The minimum Gasteiger partial charge on any atom is -0.381 e. The maximum atomic E-state index is 5.68. The molecular weight excluding hydrogens is 188 g/mol. The summed E-state index contributed by atoms with van der Waals surface area (Å²) < 4.78 is 1.79. The smallest absolute Gasteiger partial charge is 0.169 e. The summed E-state index contributed by atoms with van der Waals surface area (Å²) in [4.78, 5) is 0. The van der Waals surface area contributed by atoms with Crippen LogP contribution in [0.4, 0.5) is 5.82 Å². The van der Waals surface area contributed by atoms with Crippen molar-refractivity contribution < 1.29 is 0 Å². The van der Waals surface area contributed by atoms with Crippen molar-refractivity contribution in [2.75, 3.05) is 5.73 Å². The first-order chi connectivity index (χ1) is 7.24. The molecule has 0 saturated heterocycles. The van der Waals surface area contributed by atoms with Gasteiger partial charge in [0.15, 0.2) is 5.82 Å². The van der Waals surface area contributed by atoms with E-state index in [9.17, 15) is 0 Å². The van der Waals surface area contributed by atoms with Crippen LogP contribution in [0, 0.1) is 6.92 Å². The fourth-order valence-electron chi connectivity index (χ4n) is 1.59. The first-order valence-corrected chi connectivity index (χ1v) is 5.00. The SMILES string of the molecule is CCc1ccccc1-n1nnc(N)c1C. The van der Waals surface area contributed by atoms with E-state index < -0.39 is 0 Å². The molecule has 0 atom stereocenters. The molecule has 2 aromatic rings. The van der Waals surface area contributed by atoms with Gasteiger partial charge in [-0.3, -0.25) is 0 Å². The Kier molecular flexibility index (Phi) is 2.41. The summed E-state index contributed by atoms with van der Waals surface area (Å²) in [6.45, 7) is 4.04. The van der Waals surface area contributed by atoms with Crippen molar-refractivity contribution in [3.63, 3.8) is 0 Å². The lowest BCUT2D eigenvalue weighted by atomic mass is 10.1. The van der Waals surface area contributed by atoms with Gasteiger partial charge in [0.1, 0.15) is 0 Å². The number of hydrogen-bond donors (Lipinski definition) is 1. The molecule has 0 fully saturated rings. The van der Waals surface area contributed by atoms with E-state index >= 15 is 0 Å². The maximum absolute atomic E-state index is 5.68. The summed E-state index contributed by atoms with van der Waals surface area (Å²) >= 11 is 0. The Morgan fingerprint density at radius 2 is 2.07 bits per heavy atom. The van der Waals surface area contributed by atoms with E-state index in [1.807, 2.05) is 25.1 Å². The second-order valence-electron chi connectivity index (χ2n) is 3.45. The number of aryl methyl sites for hydroxylation is 1. The van der Waals surface area contributed by atoms with Gasteiger partial charge < -0.3 is 5.73 Å². The highest BCUT2D eigenvalue weighted by atomic mass is 15.4. The monoisotopic (exact) mass is 202 g/mol. The molecule has 0 aliphatic rings. The summed E-state index contributed by atoms with van der Waals surface area (Å²) in [7, 11) is 0. The van der Waals surface area contributed by atoms with Gasteiger partial charge in [-0.25, -0.2) is 4.68 Å². The summed E-state index contributed by atoms with van der Waals surface area (Å²) in [5, 5.41) is 7.89. The molecule has 0 aliphatic carbocycles. The number of aromatic nitrogens is 3. The van der Waals surface area contributed by atoms with Gasteiger partial charge in [0.25, 0.3) is 0 Å². The maximum Gasteiger partial charge on any atom is 0.169 e. The highest BCUT2D eigenvalue weighted by Gasteiger charge is 2.09. The highest BCUT2D eigenvalue weighted by Crippen LogP contribution is 2.17. The molecule has 0 amide bonds. The first kappa shape index (κ1) is 9.71. The molecule has 2 N–H and O–H groups in total. The lowest BCUT2D eigenvalue weighted by molar-refractivity contribution is 0.776. The number of benzene rings is 1. The minimum atomic E-state index is 0.487. The van der Waals surface area contributed by atoms with Crippen molar-refractivity contribution in [2.45, 2.75) is 20.3 Å². The molecule has 0 bridgehead atoms. The van der Waals surface area contributed by atoms with Gasteiger partial charge in [0, 0.05) is 0 Å². The fourth-order valence-corrected chi connectivity index (χ4v) is 1.59. The largest absolute Gasteiger partial charge is 0.381 e. The molecule has 1 aromatic heterocycles. The molecule has 15 heavy (non-hydrogen) atoms. The topological polar surface area (TPSA) is 56.7 Å². The van der Waals surface area contributed by atoms with Gasteiger partial charge in [-0.1, -0.05) is 30.3 Å². The lowest BCUT2D eigenvalue weighted by Gasteiger charge is -2.07. The van der Waals surface area contributed by atoms with Gasteiger partial charge in [-0.05, 0) is 25.0 Å². The Morgan fingerprint density at radius 1 is 1.33 bits per heavy atom. The molecule has 0 unspecified atom stereocenters. The van der Waals surface area contributed by atoms with E-state index in [1.54, 1.807) is 4.68 Å². The Bertz CT molecular complexity index is 473. The summed E-state index contributed by atoms with van der Waals surface area (Å²) in [6.07, 6.45) is 0.968. The van der Waals surface area contributed by atoms with Gasteiger partial charge in [0.05, 0.1) is 11.4 Å². The average Bonchev–Trinajstić information content (AvgIpc) is 2.60. The van der Waals surface area contributed by atoms with Crippen molar-refractivity contribution in [1.29, 1.82) is 0 Å². The van der Waals surface area contributed by atoms with Crippen LogP contribution in [-0.4, -0.2) is 15.0 Å². The van der Waals surface area contributed by atoms with Crippen molar-refractivity contribution >= 4 is 5.82 Å². The predicted octanol–water partition coefficient (Wildman–Crippen LogP) is 1.72. The van der Waals surface area contributed by atoms with Crippen LogP contribution < -0.4 is 5.73 Å². The minimum absolute atomic E-state index is 0.487. The summed E-state index contributed by atoms with van der Waals surface area (Å²) in [5.74, 6) is 0.487. The number of rotatable bonds is 2. The third-order valence-electron chi connectivity index (χ3n) is 2.53. The molecule has 78 valence electrons. The molecule has 1 heterocycles. The quantitative estimate of drug-likeness (QED) is 0.806.